The molecule has 0 aromatic heterocycles. The van der Waals surface area contributed by atoms with Crippen LogP contribution in [0, 0.1) is 0 Å². The molecule has 1 aliphatic heterocycles. The first-order chi connectivity index (χ1) is 8.02. The molecule has 4 nitrogen and oxygen atoms in total. The summed E-state index contributed by atoms with van der Waals surface area (Å²) in [4.78, 5) is 23.9. The van der Waals surface area contributed by atoms with Gasteiger partial charge in [0.15, 0.2) is 10.0 Å². The molecule has 0 saturated heterocycles. The maximum absolute atomic E-state index is 11.9. The quantitative estimate of drug-likeness (QED) is 0.622. The minimum Gasteiger partial charge on any atom is -0.267 e. The van der Waals surface area contributed by atoms with Gasteiger partial charge in [-0.15, -0.1) is 0 Å². The van der Waals surface area contributed by atoms with E-state index in [4.69, 9.17) is 0 Å². The Kier molecular flexibility index (Phi) is 3.35. The van der Waals surface area contributed by atoms with Crippen molar-refractivity contribution in [2.45, 2.75) is 19.1 Å². The van der Waals surface area contributed by atoms with Crippen LogP contribution in [0.1, 0.15) is 34.6 Å². The third-order valence-corrected chi connectivity index (χ3v) is 5.46. The van der Waals surface area contributed by atoms with Crippen molar-refractivity contribution in [1.82, 2.24) is 4.31 Å². The zero-order chi connectivity index (χ0) is 12.6. The second-order valence-electron chi connectivity index (χ2n) is 3.81. The largest absolute Gasteiger partial charge is 0.274 e. The van der Waals surface area contributed by atoms with Crippen molar-refractivity contribution in [3.8, 4) is 0 Å². The Morgan fingerprint density at radius 2 is 1.59 bits per heavy atom. The van der Waals surface area contributed by atoms with Crippen LogP contribution < -0.4 is 0 Å². The number of imide groups is 1. The van der Waals surface area contributed by atoms with Crippen LogP contribution in [0.2, 0.25) is 0 Å². The van der Waals surface area contributed by atoms with Gasteiger partial charge in [0.05, 0.1) is 11.1 Å². The maximum Gasteiger partial charge on any atom is 0.274 e. The van der Waals surface area contributed by atoms with E-state index in [1.165, 1.54) is 0 Å². The number of hydrogen-bond acceptors (Lipinski definition) is 4. The molecule has 1 atom stereocenters. The van der Waals surface area contributed by atoms with Crippen molar-refractivity contribution in [2.75, 3.05) is 0 Å². The van der Waals surface area contributed by atoms with Crippen molar-refractivity contribution in [3.05, 3.63) is 35.4 Å². The Morgan fingerprint density at radius 1 is 1.12 bits per heavy atom. The monoisotopic (exact) mass is 269 g/mol. The predicted molar refractivity (Wildman–Crippen MR) is 67.8 cm³/mol. The van der Waals surface area contributed by atoms with Crippen LogP contribution in [0.5, 0.6) is 0 Å². The molecule has 0 fully saturated rings. The molecule has 1 aromatic carbocycles. The van der Waals surface area contributed by atoms with Crippen LogP contribution in [0.4, 0.5) is 0 Å². The van der Waals surface area contributed by atoms with E-state index in [1.807, 2.05) is 13.8 Å². The SMILES string of the molecule is CC(C)SS(=O)N1C(=O)c2ccccc2C1=O. The zero-order valence-corrected chi connectivity index (χ0v) is 11.0. The Balaban J connectivity index is 2.33. The van der Waals surface area contributed by atoms with Gasteiger partial charge in [0.2, 0.25) is 0 Å². The fourth-order valence-corrected chi connectivity index (χ4v) is 4.05. The summed E-state index contributed by atoms with van der Waals surface area (Å²) in [6.45, 7) is 3.72. The van der Waals surface area contributed by atoms with Crippen molar-refractivity contribution < 1.29 is 13.8 Å². The summed E-state index contributed by atoms with van der Waals surface area (Å²) >= 11 is 0. The van der Waals surface area contributed by atoms with Gasteiger partial charge < -0.3 is 0 Å². The number of carbonyl (C=O) groups excluding carboxylic acids is 2. The predicted octanol–water partition coefficient (Wildman–Crippen LogP) is 2.00. The second-order valence-corrected chi connectivity index (χ2v) is 7.18. The van der Waals surface area contributed by atoms with Crippen LogP contribution in [0.3, 0.4) is 0 Å². The van der Waals surface area contributed by atoms with Crippen LogP contribution in [-0.2, 0) is 10.0 Å². The van der Waals surface area contributed by atoms with Crippen molar-refractivity contribution in [2.24, 2.45) is 0 Å². The van der Waals surface area contributed by atoms with E-state index < -0.39 is 21.8 Å². The first-order valence-electron chi connectivity index (χ1n) is 5.09. The van der Waals surface area contributed by atoms with Crippen LogP contribution in [0.15, 0.2) is 24.3 Å². The van der Waals surface area contributed by atoms with Gasteiger partial charge in [-0.05, 0) is 22.9 Å². The highest BCUT2D eigenvalue weighted by Crippen LogP contribution is 2.28. The standard InChI is InChI=1S/C11H11NO3S2/c1-7(2)16-17(15)12-10(13)8-5-3-4-6-9(8)11(12)14/h3-7H,1-2H3. The average molecular weight is 269 g/mol. The normalized spacial score (nSPS) is 16.5. The van der Waals surface area contributed by atoms with Crippen molar-refractivity contribution in [3.63, 3.8) is 0 Å². The van der Waals surface area contributed by atoms with Gasteiger partial charge in [0, 0.05) is 5.25 Å². The van der Waals surface area contributed by atoms with E-state index in [0.29, 0.717) is 11.1 Å². The number of nitrogens with zero attached hydrogens (tertiary/aromatic N) is 1. The summed E-state index contributed by atoms with van der Waals surface area (Å²) in [5.41, 5.74) is 0.658. The summed E-state index contributed by atoms with van der Waals surface area (Å²) in [5, 5.41) is 0.0835. The molecular weight excluding hydrogens is 258 g/mol. The van der Waals surface area contributed by atoms with Gasteiger partial charge in [0.25, 0.3) is 11.8 Å². The van der Waals surface area contributed by atoms with E-state index in [1.54, 1.807) is 24.3 Å². The summed E-state index contributed by atoms with van der Waals surface area (Å²) in [7, 11) is -0.575. The molecule has 1 aromatic rings. The molecule has 90 valence electrons. The third kappa shape index (κ3) is 2.14. The molecule has 0 saturated carbocycles. The number of rotatable bonds is 3. The lowest BCUT2D eigenvalue weighted by atomic mass is 10.1. The molecule has 1 heterocycles. The van der Waals surface area contributed by atoms with E-state index in [-0.39, 0.29) is 5.25 Å². The summed E-state index contributed by atoms with van der Waals surface area (Å²) in [5.74, 6) is -0.950. The molecule has 0 spiro atoms. The Morgan fingerprint density at radius 3 is 2.00 bits per heavy atom. The molecule has 2 rings (SSSR count). The summed E-state index contributed by atoms with van der Waals surface area (Å²) in [6.07, 6.45) is 0. The summed E-state index contributed by atoms with van der Waals surface area (Å²) in [6, 6.07) is 6.53. The molecule has 17 heavy (non-hydrogen) atoms. The van der Waals surface area contributed by atoms with E-state index in [9.17, 15) is 13.8 Å². The van der Waals surface area contributed by atoms with Gasteiger partial charge >= 0.3 is 0 Å². The fraction of sp³-hybridized carbons (Fsp3) is 0.273. The molecular formula is C11H11NO3S2. The van der Waals surface area contributed by atoms with Crippen molar-refractivity contribution in [1.29, 1.82) is 0 Å². The number of amides is 2. The third-order valence-electron chi connectivity index (χ3n) is 2.18. The second kappa shape index (κ2) is 4.62. The Bertz CT molecular complexity index is 478. The van der Waals surface area contributed by atoms with Crippen molar-refractivity contribution >= 4 is 32.6 Å². The lowest BCUT2D eigenvalue weighted by Crippen LogP contribution is -2.30. The van der Waals surface area contributed by atoms with Crippen LogP contribution in [0.25, 0.3) is 0 Å². The van der Waals surface area contributed by atoms with E-state index in [2.05, 4.69) is 0 Å². The number of benzene rings is 1. The highest BCUT2D eigenvalue weighted by molar-refractivity contribution is 8.68. The molecule has 6 heteroatoms. The number of hydrogen-bond donors (Lipinski definition) is 0. The highest BCUT2D eigenvalue weighted by Gasteiger charge is 2.39. The van der Waals surface area contributed by atoms with Gasteiger partial charge in [-0.25, -0.2) is 4.21 Å². The Labute approximate surface area is 105 Å². The zero-order valence-electron chi connectivity index (χ0n) is 9.38. The van der Waals surface area contributed by atoms with E-state index in [0.717, 1.165) is 15.1 Å². The lowest BCUT2D eigenvalue weighted by Gasteiger charge is -2.12. The minimum atomic E-state index is -1.66. The topological polar surface area (TPSA) is 54.5 Å². The molecule has 0 radical (unpaired) electrons. The first-order valence-corrected chi connectivity index (χ1v) is 7.59. The molecule has 0 aliphatic carbocycles. The highest BCUT2D eigenvalue weighted by atomic mass is 33.1. The molecule has 2 amide bonds. The first kappa shape index (κ1) is 12.3. The fourth-order valence-electron chi connectivity index (χ4n) is 1.51. The Hall–Kier alpha value is -1.14. The number of fused-ring (bicyclic) bond motifs is 1. The maximum atomic E-state index is 11.9. The van der Waals surface area contributed by atoms with Crippen LogP contribution in [-0.4, -0.2) is 25.6 Å². The van der Waals surface area contributed by atoms with Gasteiger partial charge in [-0.1, -0.05) is 26.0 Å². The van der Waals surface area contributed by atoms with Gasteiger partial charge in [-0.2, -0.15) is 4.31 Å². The molecule has 0 bridgehead atoms. The van der Waals surface area contributed by atoms with E-state index >= 15 is 0 Å². The molecule has 1 aliphatic rings. The molecule has 1 unspecified atom stereocenters. The van der Waals surface area contributed by atoms with Gasteiger partial charge in [0.1, 0.15) is 0 Å². The number of carbonyl (C=O) groups is 2. The van der Waals surface area contributed by atoms with Gasteiger partial charge in [-0.3, -0.25) is 9.59 Å². The smallest absolute Gasteiger partial charge is 0.267 e. The summed E-state index contributed by atoms with van der Waals surface area (Å²) < 4.78 is 12.7. The lowest BCUT2D eigenvalue weighted by molar-refractivity contribution is 0.0773. The average Bonchev–Trinajstić information content (AvgIpc) is 2.51. The minimum absolute atomic E-state index is 0.0835. The van der Waals surface area contributed by atoms with Crippen LogP contribution >= 0.6 is 10.8 Å². The molecule has 0 N–H and O–H groups in total.